The van der Waals surface area contributed by atoms with E-state index in [4.69, 9.17) is 5.11 Å². The molecule has 0 aliphatic heterocycles. The van der Waals surface area contributed by atoms with Gasteiger partial charge in [-0.2, -0.15) is 0 Å². The number of halogens is 1. The fourth-order valence-corrected chi connectivity index (χ4v) is 1.46. The molecule has 16 heavy (non-hydrogen) atoms. The van der Waals surface area contributed by atoms with Crippen molar-refractivity contribution < 1.29 is 15.0 Å². The van der Waals surface area contributed by atoms with Crippen molar-refractivity contribution in [2.75, 3.05) is 13.2 Å². The second kappa shape index (κ2) is 5.43. The van der Waals surface area contributed by atoms with Gasteiger partial charge in [-0.25, -0.2) is 0 Å². The minimum Gasteiger partial charge on any atom is -0.393 e. The lowest BCUT2D eigenvalue weighted by Gasteiger charge is -2.20. The number of aliphatic hydroxyl groups excluding tert-OH is 1. The van der Waals surface area contributed by atoms with E-state index in [2.05, 4.69) is 21.2 Å². The van der Waals surface area contributed by atoms with Crippen LogP contribution < -0.4 is 5.32 Å². The van der Waals surface area contributed by atoms with Gasteiger partial charge in [-0.05, 0) is 25.1 Å². The zero-order chi connectivity index (χ0) is 12.2. The van der Waals surface area contributed by atoms with Gasteiger partial charge in [0.05, 0.1) is 6.61 Å². The van der Waals surface area contributed by atoms with E-state index in [1.807, 2.05) is 6.07 Å². The minimum atomic E-state index is -1.29. The summed E-state index contributed by atoms with van der Waals surface area (Å²) in [5.41, 5.74) is -0.787. The number of hydrogen-bond acceptors (Lipinski definition) is 3. The molecule has 0 aromatic heterocycles. The largest absolute Gasteiger partial charge is 0.393 e. The van der Waals surface area contributed by atoms with Gasteiger partial charge in [-0.1, -0.05) is 22.0 Å². The van der Waals surface area contributed by atoms with E-state index in [-0.39, 0.29) is 12.5 Å². The monoisotopic (exact) mass is 287 g/mol. The molecule has 0 spiro atoms. The average molecular weight is 288 g/mol. The van der Waals surface area contributed by atoms with Crippen LogP contribution in [0.15, 0.2) is 28.7 Å². The molecule has 0 saturated carbocycles. The Labute approximate surface area is 102 Å². The first-order valence-corrected chi connectivity index (χ1v) is 5.61. The molecule has 1 amide bonds. The number of hydrogen-bond donors (Lipinski definition) is 3. The maximum Gasteiger partial charge on any atom is 0.251 e. The second-order valence-corrected chi connectivity index (χ2v) is 4.76. The standard InChI is InChI=1S/C11H14BrNO3/c1-11(16,7-14)6-13-10(15)8-3-2-4-9(12)5-8/h2-5,14,16H,6-7H2,1H3,(H,13,15). The van der Waals surface area contributed by atoms with Crippen LogP contribution in [0.1, 0.15) is 17.3 Å². The second-order valence-electron chi connectivity index (χ2n) is 3.85. The van der Waals surface area contributed by atoms with E-state index in [1.165, 1.54) is 6.92 Å². The Morgan fingerprint density at radius 2 is 2.25 bits per heavy atom. The first-order valence-electron chi connectivity index (χ1n) is 4.81. The lowest BCUT2D eigenvalue weighted by atomic mass is 10.1. The Morgan fingerprint density at radius 3 is 2.81 bits per heavy atom. The van der Waals surface area contributed by atoms with Crippen LogP contribution in [-0.2, 0) is 0 Å². The van der Waals surface area contributed by atoms with Crippen molar-refractivity contribution in [2.45, 2.75) is 12.5 Å². The van der Waals surface area contributed by atoms with Crippen LogP contribution in [0, 0.1) is 0 Å². The van der Waals surface area contributed by atoms with Crippen LogP contribution in [0.4, 0.5) is 0 Å². The first kappa shape index (κ1) is 13.2. The molecular formula is C11H14BrNO3. The van der Waals surface area contributed by atoms with Crippen LogP contribution in [0.2, 0.25) is 0 Å². The van der Waals surface area contributed by atoms with Gasteiger partial charge in [0.2, 0.25) is 0 Å². The number of amides is 1. The summed E-state index contributed by atoms with van der Waals surface area (Å²) in [6.07, 6.45) is 0. The van der Waals surface area contributed by atoms with Gasteiger partial charge >= 0.3 is 0 Å². The van der Waals surface area contributed by atoms with Crippen molar-refractivity contribution >= 4 is 21.8 Å². The van der Waals surface area contributed by atoms with Crippen molar-refractivity contribution in [2.24, 2.45) is 0 Å². The van der Waals surface area contributed by atoms with Gasteiger partial charge in [0, 0.05) is 16.6 Å². The highest BCUT2D eigenvalue weighted by molar-refractivity contribution is 9.10. The zero-order valence-electron chi connectivity index (χ0n) is 8.90. The molecule has 1 unspecified atom stereocenters. The average Bonchev–Trinajstić information content (AvgIpc) is 2.26. The lowest BCUT2D eigenvalue weighted by molar-refractivity contribution is 0.00320. The predicted molar refractivity (Wildman–Crippen MR) is 64.2 cm³/mol. The fraction of sp³-hybridized carbons (Fsp3) is 0.364. The van der Waals surface area contributed by atoms with Crippen molar-refractivity contribution in [3.8, 4) is 0 Å². The quantitative estimate of drug-likeness (QED) is 0.771. The molecule has 0 radical (unpaired) electrons. The number of carbonyl (C=O) groups excluding carboxylic acids is 1. The fourth-order valence-electron chi connectivity index (χ4n) is 1.06. The third kappa shape index (κ3) is 3.92. The molecular weight excluding hydrogens is 274 g/mol. The molecule has 0 fully saturated rings. The third-order valence-electron chi connectivity index (χ3n) is 2.06. The highest BCUT2D eigenvalue weighted by Gasteiger charge is 2.20. The maximum atomic E-state index is 11.6. The molecule has 0 bridgehead atoms. The molecule has 5 heteroatoms. The molecule has 1 aromatic carbocycles. The Hall–Kier alpha value is -0.910. The normalized spacial score (nSPS) is 14.2. The van der Waals surface area contributed by atoms with Crippen LogP contribution in [0.5, 0.6) is 0 Å². The molecule has 4 nitrogen and oxygen atoms in total. The van der Waals surface area contributed by atoms with Gasteiger partial charge < -0.3 is 15.5 Å². The Balaban J connectivity index is 2.60. The topological polar surface area (TPSA) is 69.6 Å². The van der Waals surface area contributed by atoms with Crippen LogP contribution in [-0.4, -0.2) is 34.9 Å². The van der Waals surface area contributed by atoms with Gasteiger partial charge in [0.1, 0.15) is 5.60 Å². The van der Waals surface area contributed by atoms with Gasteiger partial charge in [0.15, 0.2) is 0 Å². The van der Waals surface area contributed by atoms with Gasteiger partial charge in [-0.15, -0.1) is 0 Å². The first-order chi connectivity index (χ1) is 7.44. The minimum absolute atomic E-state index is 0.00878. The highest BCUT2D eigenvalue weighted by Crippen LogP contribution is 2.11. The summed E-state index contributed by atoms with van der Waals surface area (Å²) in [5.74, 6) is -0.282. The van der Waals surface area contributed by atoms with E-state index in [0.717, 1.165) is 4.47 Å². The number of nitrogens with one attached hydrogen (secondary N) is 1. The summed E-state index contributed by atoms with van der Waals surface area (Å²) in [6.45, 7) is 1.06. The van der Waals surface area contributed by atoms with Crippen LogP contribution >= 0.6 is 15.9 Å². The highest BCUT2D eigenvalue weighted by atomic mass is 79.9. The summed E-state index contributed by atoms with van der Waals surface area (Å²) in [6, 6.07) is 6.93. The van der Waals surface area contributed by atoms with E-state index >= 15 is 0 Å². The van der Waals surface area contributed by atoms with E-state index in [9.17, 15) is 9.90 Å². The van der Waals surface area contributed by atoms with Crippen molar-refractivity contribution in [1.82, 2.24) is 5.32 Å². The van der Waals surface area contributed by atoms with Gasteiger partial charge in [0.25, 0.3) is 5.91 Å². The molecule has 0 aliphatic carbocycles. The summed E-state index contributed by atoms with van der Waals surface area (Å²) in [5, 5.41) is 20.9. The lowest BCUT2D eigenvalue weighted by Crippen LogP contribution is -2.43. The number of rotatable bonds is 4. The maximum absolute atomic E-state index is 11.6. The van der Waals surface area contributed by atoms with Crippen LogP contribution in [0.25, 0.3) is 0 Å². The van der Waals surface area contributed by atoms with Crippen molar-refractivity contribution in [1.29, 1.82) is 0 Å². The van der Waals surface area contributed by atoms with Gasteiger partial charge in [-0.3, -0.25) is 4.79 Å². The smallest absolute Gasteiger partial charge is 0.251 e. The zero-order valence-corrected chi connectivity index (χ0v) is 10.5. The molecule has 1 aromatic rings. The van der Waals surface area contributed by atoms with Crippen LogP contribution in [0.3, 0.4) is 0 Å². The molecule has 1 atom stereocenters. The molecule has 1 rings (SSSR count). The molecule has 3 N–H and O–H groups in total. The van der Waals surface area contributed by atoms with Crippen molar-refractivity contribution in [3.05, 3.63) is 34.3 Å². The van der Waals surface area contributed by atoms with E-state index in [1.54, 1.807) is 18.2 Å². The summed E-state index contributed by atoms with van der Waals surface area (Å²) in [7, 11) is 0. The molecule has 0 aliphatic rings. The van der Waals surface area contributed by atoms with Crippen molar-refractivity contribution in [3.63, 3.8) is 0 Å². The van der Waals surface area contributed by atoms with E-state index < -0.39 is 12.2 Å². The summed E-state index contributed by atoms with van der Waals surface area (Å²) >= 11 is 3.27. The SMILES string of the molecule is CC(O)(CO)CNC(=O)c1cccc(Br)c1. The number of carbonyl (C=O) groups is 1. The molecule has 0 heterocycles. The Kier molecular flexibility index (Phi) is 4.46. The Bertz CT molecular complexity index is 379. The number of benzene rings is 1. The summed E-state index contributed by atoms with van der Waals surface area (Å²) in [4.78, 5) is 11.6. The summed E-state index contributed by atoms with van der Waals surface area (Å²) < 4.78 is 0.814. The number of aliphatic hydroxyl groups is 2. The molecule has 0 saturated heterocycles. The Morgan fingerprint density at radius 1 is 1.56 bits per heavy atom. The van der Waals surface area contributed by atoms with E-state index in [0.29, 0.717) is 5.56 Å². The predicted octanol–water partition coefficient (Wildman–Crippen LogP) is 0.922. The molecule has 88 valence electrons. The third-order valence-corrected chi connectivity index (χ3v) is 2.55.